The van der Waals surface area contributed by atoms with Crippen molar-refractivity contribution in [3.63, 3.8) is 0 Å². The fraction of sp³-hybridized carbons (Fsp3) is 0.286. The summed E-state index contributed by atoms with van der Waals surface area (Å²) in [6, 6.07) is 12.1. The third kappa shape index (κ3) is 7.50. The summed E-state index contributed by atoms with van der Waals surface area (Å²) in [6.45, 7) is 3.89. The molecular weight excluding hydrogens is 422 g/mol. The predicted molar refractivity (Wildman–Crippen MR) is 114 cm³/mol. The minimum Gasteiger partial charge on any atom is -0.450 e. The quantitative estimate of drug-likeness (QED) is 0.376. The SMILES string of the molecule is CCOC(=O)NCCNC(=O)c1ccc(CNS(=O)(=O)c2ccc(C(C)=O)cc2)cc1. The van der Waals surface area contributed by atoms with E-state index < -0.39 is 16.1 Å². The van der Waals surface area contributed by atoms with Crippen molar-refractivity contribution in [1.82, 2.24) is 15.4 Å². The minimum atomic E-state index is -3.74. The Morgan fingerprint density at radius 3 is 2.03 bits per heavy atom. The number of ether oxygens (including phenoxy) is 1. The van der Waals surface area contributed by atoms with Gasteiger partial charge in [0.15, 0.2) is 5.78 Å². The number of sulfonamides is 1. The lowest BCUT2D eigenvalue weighted by Gasteiger charge is -2.09. The van der Waals surface area contributed by atoms with Crippen molar-refractivity contribution in [3.05, 3.63) is 65.2 Å². The molecule has 0 heterocycles. The Balaban J connectivity index is 1.85. The van der Waals surface area contributed by atoms with E-state index >= 15 is 0 Å². The molecule has 0 fully saturated rings. The highest BCUT2D eigenvalue weighted by Crippen LogP contribution is 2.12. The summed E-state index contributed by atoms with van der Waals surface area (Å²) in [5, 5.41) is 5.16. The summed E-state index contributed by atoms with van der Waals surface area (Å²) in [4.78, 5) is 34.6. The molecule has 166 valence electrons. The molecule has 0 spiro atoms. The van der Waals surface area contributed by atoms with Crippen LogP contribution in [0, 0.1) is 0 Å². The van der Waals surface area contributed by atoms with Gasteiger partial charge in [-0.2, -0.15) is 0 Å². The van der Waals surface area contributed by atoms with E-state index in [1.54, 1.807) is 31.2 Å². The van der Waals surface area contributed by atoms with E-state index in [-0.39, 0.29) is 42.8 Å². The fourth-order valence-electron chi connectivity index (χ4n) is 2.53. The smallest absolute Gasteiger partial charge is 0.407 e. The van der Waals surface area contributed by atoms with Crippen molar-refractivity contribution < 1.29 is 27.5 Å². The zero-order chi connectivity index (χ0) is 22.9. The van der Waals surface area contributed by atoms with Crippen molar-refractivity contribution in [2.75, 3.05) is 19.7 Å². The molecule has 0 aliphatic rings. The second kappa shape index (κ2) is 11.2. The summed E-state index contributed by atoms with van der Waals surface area (Å²) in [6.07, 6.45) is -0.543. The van der Waals surface area contributed by atoms with Gasteiger partial charge in [-0.15, -0.1) is 0 Å². The van der Waals surface area contributed by atoms with Crippen LogP contribution in [0.2, 0.25) is 0 Å². The van der Waals surface area contributed by atoms with Crippen molar-refractivity contribution in [1.29, 1.82) is 0 Å². The van der Waals surface area contributed by atoms with Crippen LogP contribution in [0.25, 0.3) is 0 Å². The molecule has 0 aromatic heterocycles. The first kappa shape index (κ1) is 24.0. The van der Waals surface area contributed by atoms with E-state index in [1.165, 1.54) is 31.2 Å². The molecule has 2 rings (SSSR count). The number of rotatable bonds is 10. The highest BCUT2D eigenvalue weighted by atomic mass is 32.2. The molecule has 0 radical (unpaired) electrons. The number of alkyl carbamates (subject to hydrolysis) is 1. The number of nitrogens with one attached hydrogen (secondary N) is 3. The molecule has 3 N–H and O–H groups in total. The lowest BCUT2D eigenvalue weighted by atomic mass is 10.1. The number of amides is 2. The summed E-state index contributed by atoms with van der Waals surface area (Å²) >= 11 is 0. The summed E-state index contributed by atoms with van der Waals surface area (Å²) in [5.41, 5.74) is 1.51. The van der Waals surface area contributed by atoms with Crippen LogP contribution in [0.15, 0.2) is 53.4 Å². The molecule has 31 heavy (non-hydrogen) atoms. The van der Waals surface area contributed by atoms with Gasteiger partial charge in [-0.25, -0.2) is 17.9 Å². The van der Waals surface area contributed by atoms with Gasteiger partial charge < -0.3 is 15.4 Å². The third-order valence-electron chi connectivity index (χ3n) is 4.21. The number of Topliss-reactive ketones (excluding diaryl/α,β-unsaturated/α-hetero) is 1. The van der Waals surface area contributed by atoms with Crippen LogP contribution in [0.1, 0.15) is 40.1 Å². The lowest BCUT2D eigenvalue weighted by Crippen LogP contribution is -2.35. The van der Waals surface area contributed by atoms with Gasteiger partial charge in [0.1, 0.15) is 0 Å². The molecule has 0 unspecified atom stereocenters. The average molecular weight is 448 g/mol. The maximum Gasteiger partial charge on any atom is 0.407 e. The Labute approximate surface area is 181 Å². The molecule has 0 atom stereocenters. The zero-order valence-corrected chi connectivity index (χ0v) is 18.1. The number of ketones is 1. The summed E-state index contributed by atoms with van der Waals surface area (Å²) < 4.78 is 32.0. The standard InChI is InChI=1S/C21H25N3O6S/c1-3-30-21(27)23-13-12-22-20(26)18-6-4-16(5-7-18)14-24-31(28,29)19-10-8-17(9-11-19)15(2)25/h4-11,24H,3,12-14H2,1-2H3,(H,22,26)(H,23,27). The molecule has 0 saturated carbocycles. The number of carbonyl (C=O) groups excluding carboxylic acids is 3. The number of benzene rings is 2. The highest BCUT2D eigenvalue weighted by Gasteiger charge is 2.14. The van der Waals surface area contributed by atoms with E-state index in [0.29, 0.717) is 16.7 Å². The van der Waals surface area contributed by atoms with Crippen molar-refractivity contribution in [2.24, 2.45) is 0 Å². The maximum atomic E-state index is 12.4. The summed E-state index contributed by atoms with van der Waals surface area (Å²) in [5.74, 6) is -0.459. The van der Waals surface area contributed by atoms with Crippen LogP contribution in [0.3, 0.4) is 0 Å². The molecule has 2 aromatic carbocycles. The number of hydrogen-bond donors (Lipinski definition) is 3. The van der Waals surface area contributed by atoms with Crippen molar-refractivity contribution in [2.45, 2.75) is 25.3 Å². The molecule has 10 heteroatoms. The van der Waals surface area contributed by atoms with E-state index in [4.69, 9.17) is 4.74 Å². The molecule has 0 saturated heterocycles. The van der Waals surface area contributed by atoms with Crippen LogP contribution in [-0.2, 0) is 21.3 Å². The zero-order valence-electron chi connectivity index (χ0n) is 17.3. The number of carbonyl (C=O) groups is 3. The minimum absolute atomic E-state index is 0.0438. The maximum absolute atomic E-state index is 12.4. The van der Waals surface area contributed by atoms with Crippen LogP contribution in [0.4, 0.5) is 4.79 Å². The molecule has 9 nitrogen and oxygen atoms in total. The van der Waals surface area contributed by atoms with Gasteiger partial charge in [0.2, 0.25) is 10.0 Å². The lowest BCUT2D eigenvalue weighted by molar-refractivity contribution is 0.0951. The van der Waals surface area contributed by atoms with Gasteiger partial charge in [0.25, 0.3) is 5.91 Å². The topological polar surface area (TPSA) is 131 Å². The largest absolute Gasteiger partial charge is 0.450 e. The Hall–Kier alpha value is -3.24. The molecular formula is C21H25N3O6S. The van der Waals surface area contributed by atoms with Gasteiger partial charge in [-0.3, -0.25) is 9.59 Å². The van der Waals surface area contributed by atoms with E-state index in [2.05, 4.69) is 15.4 Å². The normalized spacial score (nSPS) is 10.9. The first-order chi connectivity index (χ1) is 14.7. The molecule has 0 bridgehead atoms. The molecule has 0 aliphatic heterocycles. The van der Waals surface area contributed by atoms with Crippen LogP contribution < -0.4 is 15.4 Å². The van der Waals surface area contributed by atoms with Gasteiger partial charge in [0.05, 0.1) is 11.5 Å². The summed E-state index contributed by atoms with van der Waals surface area (Å²) in [7, 11) is -3.74. The fourth-order valence-corrected chi connectivity index (χ4v) is 3.55. The number of hydrogen-bond acceptors (Lipinski definition) is 6. The van der Waals surface area contributed by atoms with E-state index in [1.807, 2.05) is 0 Å². The van der Waals surface area contributed by atoms with Gasteiger partial charge >= 0.3 is 6.09 Å². The van der Waals surface area contributed by atoms with E-state index in [0.717, 1.165) is 0 Å². The first-order valence-electron chi connectivity index (χ1n) is 9.61. The van der Waals surface area contributed by atoms with Gasteiger partial charge in [-0.1, -0.05) is 24.3 Å². The highest BCUT2D eigenvalue weighted by molar-refractivity contribution is 7.89. The monoisotopic (exact) mass is 447 g/mol. The Bertz CT molecular complexity index is 1020. The second-order valence-electron chi connectivity index (χ2n) is 6.51. The molecule has 2 amide bonds. The van der Waals surface area contributed by atoms with Gasteiger partial charge in [-0.05, 0) is 43.7 Å². The van der Waals surface area contributed by atoms with E-state index in [9.17, 15) is 22.8 Å². The Morgan fingerprint density at radius 1 is 0.871 bits per heavy atom. The molecule has 2 aromatic rings. The van der Waals surface area contributed by atoms with Crippen LogP contribution in [-0.4, -0.2) is 45.9 Å². The van der Waals surface area contributed by atoms with Gasteiger partial charge in [0, 0.05) is 30.8 Å². The van der Waals surface area contributed by atoms with Crippen LogP contribution in [0.5, 0.6) is 0 Å². The predicted octanol–water partition coefficient (Wildman–Crippen LogP) is 1.84. The Kier molecular flexibility index (Phi) is 8.71. The second-order valence-corrected chi connectivity index (χ2v) is 8.27. The van der Waals surface area contributed by atoms with Crippen molar-refractivity contribution in [3.8, 4) is 0 Å². The van der Waals surface area contributed by atoms with Crippen LogP contribution >= 0.6 is 0 Å². The molecule has 0 aliphatic carbocycles. The Morgan fingerprint density at radius 2 is 1.45 bits per heavy atom. The average Bonchev–Trinajstić information content (AvgIpc) is 2.76. The first-order valence-corrected chi connectivity index (χ1v) is 11.1. The third-order valence-corrected chi connectivity index (χ3v) is 5.63. The van der Waals surface area contributed by atoms with Crippen molar-refractivity contribution >= 4 is 27.8 Å².